The lowest BCUT2D eigenvalue weighted by Crippen LogP contribution is -2.74. The van der Waals surface area contributed by atoms with Crippen LogP contribution >= 0.6 is 17.2 Å². The summed E-state index contributed by atoms with van der Waals surface area (Å²) in [6.45, 7) is 0. The molecule has 6 heterocycles. The highest BCUT2D eigenvalue weighted by atomic mass is 31.2. The van der Waals surface area contributed by atoms with E-state index in [1.54, 1.807) is 0 Å². The van der Waals surface area contributed by atoms with Gasteiger partial charge in [-0.2, -0.15) is 9.25 Å². The lowest BCUT2D eigenvalue weighted by atomic mass is 10.4. The molecule has 0 aromatic rings. The molecule has 0 amide bonds. The molecule has 10 heteroatoms. The van der Waals surface area contributed by atoms with Crippen LogP contribution in [-0.2, 0) is 27.3 Å². The SMILES string of the molecule is NC12OP3ON(O3)C13OP(O2)O3. The third-order valence-corrected chi connectivity index (χ3v) is 3.98. The summed E-state index contributed by atoms with van der Waals surface area (Å²) in [5.74, 6) is -2.73. The van der Waals surface area contributed by atoms with Gasteiger partial charge in [-0.25, -0.2) is 0 Å². The standard InChI is InChI=1S/C2H2N2O6P2/c3-1-2(7-11(5-1)8-2)4-9-12(6-1)10-4/h3H2. The molecule has 12 heavy (non-hydrogen) atoms. The van der Waals surface area contributed by atoms with Crippen molar-refractivity contribution in [3.05, 3.63) is 0 Å². The summed E-state index contributed by atoms with van der Waals surface area (Å²) >= 11 is 0. The second-order valence-electron chi connectivity index (χ2n) is 2.48. The first-order valence-corrected chi connectivity index (χ1v) is 5.23. The first-order valence-electron chi connectivity index (χ1n) is 3.04. The molecule has 6 rings (SSSR count). The Morgan fingerprint density at radius 2 is 1.67 bits per heavy atom. The second kappa shape index (κ2) is 1.69. The highest BCUT2D eigenvalue weighted by Gasteiger charge is 2.85. The number of nitrogens with two attached hydrogens (primary N) is 1. The highest BCUT2D eigenvalue weighted by molar-refractivity contribution is 7.44. The van der Waals surface area contributed by atoms with Gasteiger partial charge in [0.1, 0.15) is 0 Å². The normalized spacial score (nSPS) is 71.2. The van der Waals surface area contributed by atoms with Crippen molar-refractivity contribution in [2.45, 2.75) is 11.8 Å². The van der Waals surface area contributed by atoms with Crippen LogP contribution in [0.25, 0.3) is 0 Å². The lowest BCUT2D eigenvalue weighted by Gasteiger charge is -2.53. The van der Waals surface area contributed by atoms with Gasteiger partial charge in [0.25, 0.3) is 0 Å². The van der Waals surface area contributed by atoms with Crippen molar-refractivity contribution in [3.8, 4) is 0 Å². The quantitative estimate of drug-likeness (QED) is 0.561. The number of hydrogen-bond donors (Lipinski definition) is 1. The van der Waals surface area contributed by atoms with Gasteiger partial charge < -0.3 is 0 Å². The van der Waals surface area contributed by atoms with E-state index in [4.69, 9.17) is 33.1 Å². The molecule has 4 bridgehead atoms. The fourth-order valence-corrected chi connectivity index (χ4v) is 3.41. The Hall–Kier alpha value is 0.540. The van der Waals surface area contributed by atoms with E-state index in [9.17, 15) is 0 Å². The Balaban J connectivity index is 1.85. The Morgan fingerprint density at radius 3 is 2.33 bits per heavy atom. The highest BCUT2D eigenvalue weighted by Crippen LogP contribution is 2.80. The molecule has 6 fully saturated rings. The van der Waals surface area contributed by atoms with Crippen molar-refractivity contribution in [1.29, 1.82) is 0 Å². The van der Waals surface area contributed by atoms with Crippen LogP contribution < -0.4 is 5.73 Å². The Morgan fingerprint density at radius 1 is 1.00 bits per heavy atom. The minimum Gasteiger partial charge on any atom is -0.273 e. The maximum Gasteiger partial charge on any atom is 0.377 e. The Kier molecular flexibility index (Phi) is 0.974. The van der Waals surface area contributed by atoms with E-state index in [0.29, 0.717) is 0 Å². The van der Waals surface area contributed by atoms with Gasteiger partial charge in [0.15, 0.2) is 0 Å². The number of rotatable bonds is 0. The van der Waals surface area contributed by atoms with Crippen molar-refractivity contribution in [2.24, 2.45) is 5.73 Å². The molecular weight excluding hydrogens is 210 g/mol. The molecule has 66 valence electrons. The minimum atomic E-state index is -1.41. The first kappa shape index (κ1) is 6.92. The monoisotopic (exact) mass is 212 g/mol. The van der Waals surface area contributed by atoms with Crippen molar-refractivity contribution in [2.75, 3.05) is 0 Å². The van der Waals surface area contributed by atoms with Crippen molar-refractivity contribution in [1.82, 2.24) is 5.23 Å². The van der Waals surface area contributed by atoms with Gasteiger partial charge in [0, 0.05) is 5.23 Å². The van der Waals surface area contributed by atoms with Gasteiger partial charge >= 0.3 is 29.0 Å². The van der Waals surface area contributed by atoms with Gasteiger partial charge in [-0.05, 0) is 0 Å². The van der Waals surface area contributed by atoms with Crippen LogP contribution in [-0.4, -0.2) is 17.0 Å². The van der Waals surface area contributed by atoms with E-state index >= 15 is 0 Å². The molecule has 0 aromatic carbocycles. The molecule has 6 saturated heterocycles. The van der Waals surface area contributed by atoms with Gasteiger partial charge in [-0.3, -0.25) is 23.8 Å². The molecule has 6 aliphatic heterocycles. The second-order valence-corrected chi connectivity index (χ2v) is 4.43. The molecule has 0 radical (unpaired) electrons. The third-order valence-electron chi connectivity index (χ3n) is 1.78. The fourth-order valence-electron chi connectivity index (χ4n) is 1.19. The average molecular weight is 212 g/mol. The molecule has 6 aliphatic rings. The lowest BCUT2D eigenvalue weighted by molar-refractivity contribution is -0.546. The summed E-state index contributed by atoms with van der Waals surface area (Å²) < 4.78 is 30.4. The van der Waals surface area contributed by atoms with Crippen LogP contribution in [0.1, 0.15) is 0 Å². The Labute approximate surface area is 68.3 Å². The van der Waals surface area contributed by atoms with E-state index < -0.39 is 29.0 Å². The molecule has 8 nitrogen and oxygen atoms in total. The van der Waals surface area contributed by atoms with Crippen LogP contribution in [0.2, 0.25) is 0 Å². The van der Waals surface area contributed by atoms with Crippen LogP contribution in [0.5, 0.6) is 0 Å². The maximum atomic E-state index is 5.70. The first-order chi connectivity index (χ1) is 5.72. The smallest absolute Gasteiger partial charge is 0.273 e. The van der Waals surface area contributed by atoms with E-state index in [0.717, 1.165) is 5.23 Å². The minimum absolute atomic E-state index is 1.04. The van der Waals surface area contributed by atoms with Gasteiger partial charge in [0.05, 0.1) is 0 Å². The van der Waals surface area contributed by atoms with Gasteiger partial charge in [0.2, 0.25) is 0 Å². The molecule has 0 aromatic heterocycles. The van der Waals surface area contributed by atoms with Crippen molar-refractivity contribution >= 4 is 17.2 Å². The number of nitrogens with zero attached hydrogens (tertiary/aromatic N) is 1. The third kappa shape index (κ3) is 0.506. The topological polar surface area (TPSA) is 84.6 Å². The van der Waals surface area contributed by atoms with E-state index in [1.165, 1.54) is 0 Å². The van der Waals surface area contributed by atoms with Gasteiger partial charge in [-0.15, -0.1) is 0 Å². The van der Waals surface area contributed by atoms with Gasteiger partial charge in [-0.1, -0.05) is 0 Å². The molecule has 1 atom stereocenters. The van der Waals surface area contributed by atoms with E-state index in [-0.39, 0.29) is 0 Å². The fraction of sp³-hybridized carbons (Fsp3) is 1.00. The largest absolute Gasteiger partial charge is 0.377 e. The number of hydrogen-bond acceptors (Lipinski definition) is 8. The predicted molar refractivity (Wildman–Crippen MR) is 31.8 cm³/mol. The zero-order valence-electron chi connectivity index (χ0n) is 5.37. The molecule has 0 saturated carbocycles. The van der Waals surface area contributed by atoms with E-state index in [2.05, 4.69) is 0 Å². The van der Waals surface area contributed by atoms with E-state index in [1.807, 2.05) is 0 Å². The average Bonchev–Trinajstić information content (AvgIpc) is 2.29. The number of hydroxylamine groups is 2. The van der Waals surface area contributed by atoms with Crippen LogP contribution in [0.3, 0.4) is 0 Å². The maximum absolute atomic E-state index is 5.70. The molecule has 1 spiro atoms. The van der Waals surface area contributed by atoms with Crippen LogP contribution in [0, 0.1) is 0 Å². The summed E-state index contributed by atoms with van der Waals surface area (Å²) in [4.78, 5) is 0. The zero-order chi connectivity index (χ0) is 7.97. The summed E-state index contributed by atoms with van der Waals surface area (Å²) in [5, 5.41) is 1.04. The molecule has 1 unspecified atom stereocenters. The molecule has 2 N–H and O–H groups in total. The Bertz CT molecular complexity index is 264. The van der Waals surface area contributed by atoms with Crippen LogP contribution in [0.4, 0.5) is 0 Å². The summed E-state index contributed by atoms with van der Waals surface area (Å²) in [6.07, 6.45) is 0. The van der Waals surface area contributed by atoms with Crippen LogP contribution in [0.15, 0.2) is 0 Å². The molecular formula is C2H2N2O6P2. The molecule has 0 aliphatic carbocycles. The van der Waals surface area contributed by atoms with Crippen molar-refractivity contribution < 1.29 is 27.3 Å². The predicted octanol–water partition coefficient (Wildman–Crippen LogP) is -0.00750. The summed E-state index contributed by atoms with van der Waals surface area (Å²) in [5.41, 5.74) is 5.70. The zero-order valence-corrected chi connectivity index (χ0v) is 7.16. The summed E-state index contributed by atoms with van der Waals surface area (Å²) in [7, 11) is -2.78. The summed E-state index contributed by atoms with van der Waals surface area (Å²) in [6, 6.07) is 0. The van der Waals surface area contributed by atoms with Crippen molar-refractivity contribution in [3.63, 3.8) is 0 Å².